The van der Waals surface area contributed by atoms with E-state index < -0.39 is 0 Å². The minimum Gasteiger partial charge on any atom is -0.269 e. The van der Waals surface area contributed by atoms with Gasteiger partial charge in [0.25, 0.3) is 5.56 Å². The Bertz CT molecular complexity index is 839. The standard InChI is InChI=1S/C16H14N2OS/c1-11-9-12-5-4-8-17-15(12)18(16(11)19)13-6-3-7-14(10-13)20-2/h3-10H,1-2H3. The third kappa shape index (κ3) is 2.12. The smallest absolute Gasteiger partial charge is 0.259 e. The van der Waals surface area contributed by atoms with Gasteiger partial charge in [0.15, 0.2) is 0 Å². The number of aryl methyl sites for hydroxylation is 1. The first-order valence-corrected chi connectivity index (χ1v) is 7.55. The van der Waals surface area contributed by atoms with E-state index in [-0.39, 0.29) is 5.56 Å². The molecule has 0 unspecified atom stereocenters. The lowest BCUT2D eigenvalue weighted by atomic mass is 10.2. The summed E-state index contributed by atoms with van der Waals surface area (Å²) >= 11 is 1.66. The van der Waals surface area contributed by atoms with Gasteiger partial charge in [-0.15, -0.1) is 11.8 Å². The van der Waals surface area contributed by atoms with Crippen LogP contribution in [0.2, 0.25) is 0 Å². The van der Waals surface area contributed by atoms with Gasteiger partial charge in [-0.3, -0.25) is 9.36 Å². The Hall–Kier alpha value is -2.07. The molecule has 0 radical (unpaired) electrons. The molecule has 0 aliphatic rings. The first-order chi connectivity index (χ1) is 9.70. The maximum Gasteiger partial charge on any atom is 0.259 e. The van der Waals surface area contributed by atoms with Crippen LogP contribution in [0, 0.1) is 6.92 Å². The van der Waals surface area contributed by atoms with E-state index in [9.17, 15) is 4.79 Å². The first-order valence-electron chi connectivity index (χ1n) is 6.32. The third-order valence-corrected chi connectivity index (χ3v) is 3.98. The molecule has 0 fully saturated rings. The molecule has 0 aliphatic heterocycles. The third-order valence-electron chi connectivity index (χ3n) is 3.25. The Morgan fingerprint density at radius 3 is 2.80 bits per heavy atom. The summed E-state index contributed by atoms with van der Waals surface area (Å²) in [4.78, 5) is 18.0. The molecule has 3 nitrogen and oxygen atoms in total. The summed E-state index contributed by atoms with van der Waals surface area (Å²) in [5.41, 5.74) is 2.25. The van der Waals surface area contributed by atoms with E-state index in [1.165, 1.54) is 0 Å². The number of fused-ring (bicyclic) bond motifs is 1. The zero-order valence-electron chi connectivity index (χ0n) is 11.3. The summed E-state index contributed by atoms with van der Waals surface area (Å²) in [5, 5.41) is 0.971. The highest BCUT2D eigenvalue weighted by atomic mass is 32.2. The van der Waals surface area contributed by atoms with Crippen molar-refractivity contribution in [3.63, 3.8) is 0 Å². The quantitative estimate of drug-likeness (QED) is 0.676. The fraction of sp³-hybridized carbons (Fsp3) is 0.125. The molecule has 0 bridgehead atoms. The normalized spacial score (nSPS) is 10.9. The highest BCUT2D eigenvalue weighted by Gasteiger charge is 2.09. The van der Waals surface area contributed by atoms with Gasteiger partial charge >= 0.3 is 0 Å². The van der Waals surface area contributed by atoms with Crippen molar-refractivity contribution >= 4 is 22.8 Å². The van der Waals surface area contributed by atoms with Crippen molar-refractivity contribution in [2.75, 3.05) is 6.26 Å². The number of nitrogens with zero attached hydrogens (tertiary/aromatic N) is 2. The summed E-state index contributed by atoms with van der Waals surface area (Å²) in [6.45, 7) is 1.84. The van der Waals surface area contributed by atoms with Crippen LogP contribution < -0.4 is 5.56 Å². The molecule has 100 valence electrons. The van der Waals surface area contributed by atoms with E-state index in [2.05, 4.69) is 4.98 Å². The van der Waals surface area contributed by atoms with Gasteiger partial charge in [0.1, 0.15) is 5.65 Å². The molecule has 2 heterocycles. The molecule has 0 saturated heterocycles. The minimum atomic E-state index is -0.0190. The number of hydrogen-bond donors (Lipinski definition) is 0. The van der Waals surface area contributed by atoms with Crippen LogP contribution in [0.5, 0.6) is 0 Å². The highest BCUT2D eigenvalue weighted by Crippen LogP contribution is 2.20. The topological polar surface area (TPSA) is 34.9 Å². The summed E-state index contributed by atoms with van der Waals surface area (Å²) in [6, 6.07) is 13.7. The molecule has 4 heteroatoms. The average Bonchev–Trinajstić information content (AvgIpc) is 2.48. The fourth-order valence-corrected chi connectivity index (χ4v) is 2.72. The van der Waals surface area contributed by atoms with Crippen LogP contribution in [-0.2, 0) is 0 Å². The van der Waals surface area contributed by atoms with Crippen molar-refractivity contribution in [1.82, 2.24) is 9.55 Å². The van der Waals surface area contributed by atoms with Gasteiger partial charge in [-0.05, 0) is 49.6 Å². The second-order valence-electron chi connectivity index (χ2n) is 4.59. The number of rotatable bonds is 2. The molecule has 0 spiro atoms. The van der Waals surface area contributed by atoms with E-state index in [0.717, 1.165) is 21.5 Å². The van der Waals surface area contributed by atoms with Gasteiger partial charge < -0.3 is 0 Å². The first kappa shape index (κ1) is 12.9. The van der Waals surface area contributed by atoms with Gasteiger partial charge in [-0.1, -0.05) is 6.07 Å². The Kier molecular flexibility index (Phi) is 3.32. The zero-order valence-corrected chi connectivity index (χ0v) is 12.1. The number of pyridine rings is 2. The Labute approximate surface area is 121 Å². The van der Waals surface area contributed by atoms with Crippen LogP contribution in [0.1, 0.15) is 5.56 Å². The van der Waals surface area contributed by atoms with E-state index >= 15 is 0 Å². The van der Waals surface area contributed by atoms with Crippen molar-refractivity contribution in [2.24, 2.45) is 0 Å². The fourth-order valence-electron chi connectivity index (χ4n) is 2.27. The molecule has 0 amide bonds. The van der Waals surface area contributed by atoms with Crippen molar-refractivity contribution in [1.29, 1.82) is 0 Å². The van der Waals surface area contributed by atoms with Gasteiger partial charge in [0.2, 0.25) is 0 Å². The molecule has 0 atom stereocenters. The van der Waals surface area contributed by atoms with Crippen LogP contribution in [0.25, 0.3) is 16.7 Å². The zero-order chi connectivity index (χ0) is 14.1. The van der Waals surface area contributed by atoms with E-state index in [1.54, 1.807) is 22.5 Å². The predicted octanol–water partition coefficient (Wildman–Crippen LogP) is 3.42. The monoisotopic (exact) mass is 282 g/mol. The van der Waals surface area contributed by atoms with E-state index in [1.807, 2.05) is 55.6 Å². The Morgan fingerprint density at radius 2 is 2.00 bits per heavy atom. The summed E-state index contributed by atoms with van der Waals surface area (Å²) in [6.07, 6.45) is 3.74. The van der Waals surface area contributed by atoms with Crippen molar-refractivity contribution in [3.05, 3.63) is 64.6 Å². The lowest BCUT2D eigenvalue weighted by molar-refractivity contribution is 0.990. The highest BCUT2D eigenvalue weighted by molar-refractivity contribution is 7.98. The van der Waals surface area contributed by atoms with Crippen LogP contribution in [0.4, 0.5) is 0 Å². The summed E-state index contributed by atoms with van der Waals surface area (Å²) in [7, 11) is 0. The Morgan fingerprint density at radius 1 is 1.15 bits per heavy atom. The lowest BCUT2D eigenvalue weighted by Crippen LogP contribution is -2.21. The van der Waals surface area contributed by atoms with Gasteiger partial charge in [-0.2, -0.15) is 0 Å². The maximum atomic E-state index is 12.5. The molecular formula is C16H14N2OS. The van der Waals surface area contributed by atoms with Crippen molar-refractivity contribution in [2.45, 2.75) is 11.8 Å². The number of hydrogen-bond acceptors (Lipinski definition) is 3. The van der Waals surface area contributed by atoms with Crippen LogP contribution >= 0.6 is 11.8 Å². The van der Waals surface area contributed by atoms with E-state index in [4.69, 9.17) is 0 Å². The largest absolute Gasteiger partial charge is 0.269 e. The predicted molar refractivity (Wildman–Crippen MR) is 83.9 cm³/mol. The number of aromatic nitrogens is 2. The second-order valence-corrected chi connectivity index (χ2v) is 5.47. The minimum absolute atomic E-state index is 0.0190. The molecular weight excluding hydrogens is 268 g/mol. The molecule has 0 aliphatic carbocycles. The van der Waals surface area contributed by atoms with Gasteiger partial charge in [-0.25, -0.2) is 4.98 Å². The SMILES string of the molecule is CSc1cccc(-n2c(=O)c(C)cc3cccnc32)c1. The molecule has 0 saturated carbocycles. The van der Waals surface area contributed by atoms with Crippen LogP contribution in [0.15, 0.2) is 58.4 Å². The number of thioether (sulfide) groups is 1. The van der Waals surface area contributed by atoms with E-state index in [0.29, 0.717) is 5.65 Å². The van der Waals surface area contributed by atoms with Gasteiger partial charge in [0.05, 0.1) is 5.69 Å². The maximum absolute atomic E-state index is 12.5. The lowest BCUT2D eigenvalue weighted by Gasteiger charge is -2.11. The second kappa shape index (κ2) is 5.13. The molecule has 3 rings (SSSR count). The Balaban J connectivity index is 2.40. The van der Waals surface area contributed by atoms with Gasteiger partial charge in [0, 0.05) is 22.0 Å². The van der Waals surface area contributed by atoms with Crippen molar-refractivity contribution in [3.8, 4) is 5.69 Å². The summed E-state index contributed by atoms with van der Waals surface area (Å²) < 4.78 is 1.68. The summed E-state index contributed by atoms with van der Waals surface area (Å²) in [5.74, 6) is 0. The average molecular weight is 282 g/mol. The number of benzene rings is 1. The molecule has 3 aromatic rings. The molecule has 1 aromatic carbocycles. The molecule has 2 aromatic heterocycles. The van der Waals surface area contributed by atoms with Crippen LogP contribution in [0.3, 0.4) is 0 Å². The molecule has 20 heavy (non-hydrogen) atoms. The van der Waals surface area contributed by atoms with Crippen LogP contribution in [-0.4, -0.2) is 15.8 Å². The van der Waals surface area contributed by atoms with Crippen molar-refractivity contribution < 1.29 is 0 Å². The molecule has 0 N–H and O–H groups in total.